The SMILES string of the molecule is CC1CN(CCCCCCNC(C)(C)C)CC1C. The minimum atomic E-state index is 0.280. The Balaban J connectivity index is 1.90. The Hall–Kier alpha value is -0.0800. The topological polar surface area (TPSA) is 15.3 Å². The Morgan fingerprint density at radius 1 is 0.944 bits per heavy atom. The monoisotopic (exact) mass is 254 g/mol. The third-order valence-electron chi connectivity index (χ3n) is 4.12. The van der Waals surface area contributed by atoms with Crippen LogP contribution in [0.2, 0.25) is 0 Å². The number of nitrogens with one attached hydrogen (secondary N) is 1. The molecule has 1 aliphatic rings. The number of nitrogens with zero attached hydrogens (tertiary/aromatic N) is 1. The van der Waals surface area contributed by atoms with Gasteiger partial charge in [-0.25, -0.2) is 0 Å². The highest BCUT2D eigenvalue weighted by Crippen LogP contribution is 2.22. The Morgan fingerprint density at radius 2 is 1.50 bits per heavy atom. The van der Waals surface area contributed by atoms with E-state index in [4.69, 9.17) is 0 Å². The second-order valence-electron chi connectivity index (χ2n) is 7.31. The van der Waals surface area contributed by atoms with E-state index in [1.807, 2.05) is 0 Å². The van der Waals surface area contributed by atoms with E-state index in [9.17, 15) is 0 Å². The number of hydrogen-bond acceptors (Lipinski definition) is 2. The molecule has 0 aromatic heterocycles. The summed E-state index contributed by atoms with van der Waals surface area (Å²) in [6, 6.07) is 0. The Morgan fingerprint density at radius 3 is 2.06 bits per heavy atom. The molecule has 0 spiro atoms. The van der Waals surface area contributed by atoms with Gasteiger partial charge in [0.2, 0.25) is 0 Å². The minimum absolute atomic E-state index is 0.280. The summed E-state index contributed by atoms with van der Waals surface area (Å²) >= 11 is 0. The lowest BCUT2D eigenvalue weighted by atomic mass is 10.0. The van der Waals surface area contributed by atoms with E-state index in [0.29, 0.717) is 0 Å². The number of hydrogen-bond donors (Lipinski definition) is 1. The normalized spacial score (nSPS) is 25.8. The molecular weight excluding hydrogens is 220 g/mol. The first-order chi connectivity index (χ1) is 8.38. The van der Waals surface area contributed by atoms with Crippen LogP contribution in [0.5, 0.6) is 0 Å². The summed E-state index contributed by atoms with van der Waals surface area (Å²) in [4.78, 5) is 2.66. The summed E-state index contributed by atoms with van der Waals surface area (Å²) in [5.74, 6) is 1.81. The third kappa shape index (κ3) is 6.75. The zero-order valence-corrected chi connectivity index (χ0v) is 13.3. The van der Waals surface area contributed by atoms with Crippen molar-refractivity contribution in [3.8, 4) is 0 Å². The third-order valence-corrected chi connectivity index (χ3v) is 4.12. The molecule has 1 heterocycles. The molecule has 0 saturated carbocycles. The van der Waals surface area contributed by atoms with Crippen molar-refractivity contribution < 1.29 is 0 Å². The van der Waals surface area contributed by atoms with Gasteiger partial charge in [0.15, 0.2) is 0 Å². The summed E-state index contributed by atoms with van der Waals surface area (Å²) in [7, 11) is 0. The summed E-state index contributed by atoms with van der Waals surface area (Å²) in [5.41, 5.74) is 0.280. The lowest BCUT2D eigenvalue weighted by Crippen LogP contribution is -2.36. The van der Waals surface area contributed by atoms with Gasteiger partial charge in [0.1, 0.15) is 0 Å². The van der Waals surface area contributed by atoms with Crippen LogP contribution < -0.4 is 5.32 Å². The number of likely N-dealkylation sites (tertiary alicyclic amines) is 1. The summed E-state index contributed by atoms with van der Waals surface area (Å²) in [6.07, 6.45) is 5.48. The molecule has 0 radical (unpaired) electrons. The average molecular weight is 254 g/mol. The zero-order chi connectivity index (χ0) is 13.6. The molecule has 108 valence electrons. The molecule has 1 fully saturated rings. The molecule has 18 heavy (non-hydrogen) atoms. The van der Waals surface area contributed by atoms with Gasteiger partial charge in [-0.1, -0.05) is 26.7 Å². The molecule has 1 aliphatic heterocycles. The minimum Gasteiger partial charge on any atom is -0.312 e. The maximum atomic E-state index is 3.56. The van der Waals surface area contributed by atoms with Gasteiger partial charge in [-0.2, -0.15) is 0 Å². The van der Waals surface area contributed by atoms with E-state index < -0.39 is 0 Å². The first-order valence-corrected chi connectivity index (χ1v) is 7.86. The van der Waals surface area contributed by atoms with Crippen LogP contribution in [0.1, 0.15) is 60.3 Å². The smallest absolute Gasteiger partial charge is 0.00965 e. The van der Waals surface area contributed by atoms with Crippen LogP contribution in [0.15, 0.2) is 0 Å². The zero-order valence-electron chi connectivity index (χ0n) is 13.3. The van der Waals surface area contributed by atoms with Crippen LogP contribution in [0.25, 0.3) is 0 Å². The second kappa shape index (κ2) is 7.49. The fourth-order valence-electron chi connectivity index (χ4n) is 2.71. The van der Waals surface area contributed by atoms with Crippen LogP contribution in [-0.2, 0) is 0 Å². The molecule has 2 atom stereocenters. The molecule has 0 aromatic carbocycles. The van der Waals surface area contributed by atoms with Gasteiger partial charge in [-0.3, -0.25) is 0 Å². The molecule has 2 nitrogen and oxygen atoms in total. The highest BCUT2D eigenvalue weighted by Gasteiger charge is 2.24. The molecule has 0 bridgehead atoms. The van der Waals surface area contributed by atoms with Crippen molar-refractivity contribution >= 4 is 0 Å². The molecule has 0 aliphatic carbocycles. The van der Waals surface area contributed by atoms with Gasteiger partial charge >= 0.3 is 0 Å². The van der Waals surface area contributed by atoms with Crippen LogP contribution in [-0.4, -0.2) is 36.6 Å². The van der Waals surface area contributed by atoms with Gasteiger partial charge < -0.3 is 10.2 Å². The maximum Gasteiger partial charge on any atom is 0.00965 e. The predicted octanol–water partition coefficient (Wildman–Crippen LogP) is 3.52. The molecule has 2 heteroatoms. The fraction of sp³-hybridized carbons (Fsp3) is 1.00. The largest absolute Gasteiger partial charge is 0.312 e. The molecule has 0 amide bonds. The molecular formula is C16H34N2. The van der Waals surface area contributed by atoms with Gasteiger partial charge in [0, 0.05) is 18.6 Å². The van der Waals surface area contributed by atoms with Crippen LogP contribution in [0.4, 0.5) is 0 Å². The van der Waals surface area contributed by atoms with Crippen molar-refractivity contribution in [3.63, 3.8) is 0 Å². The lowest BCUT2D eigenvalue weighted by Gasteiger charge is -2.20. The van der Waals surface area contributed by atoms with Gasteiger partial charge in [0.05, 0.1) is 0 Å². The lowest BCUT2D eigenvalue weighted by molar-refractivity contribution is 0.313. The molecule has 1 N–H and O–H groups in total. The number of unbranched alkanes of at least 4 members (excludes halogenated alkanes) is 3. The second-order valence-corrected chi connectivity index (χ2v) is 7.31. The van der Waals surface area contributed by atoms with Crippen molar-refractivity contribution in [2.24, 2.45) is 11.8 Å². The molecule has 2 unspecified atom stereocenters. The highest BCUT2D eigenvalue weighted by atomic mass is 15.1. The Bertz CT molecular complexity index is 210. The van der Waals surface area contributed by atoms with E-state index in [0.717, 1.165) is 11.8 Å². The summed E-state index contributed by atoms with van der Waals surface area (Å²) < 4.78 is 0. The van der Waals surface area contributed by atoms with Gasteiger partial charge in [-0.15, -0.1) is 0 Å². The van der Waals surface area contributed by atoms with E-state index in [-0.39, 0.29) is 5.54 Å². The van der Waals surface area contributed by atoms with E-state index in [1.54, 1.807) is 0 Å². The summed E-state index contributed by atoms with van der Waals surface area (Å²) in [5, 5.41) is 3.56. The molecule has 1 saturated heterocycles. The molecule has 0 aromatic rings. The predicted molar refractivity (Wildman–Crippen MR) is 81.0 cm³/mol. The Kier molecular flexibility index (Phi) is 6.65. The highest BCUT2D eigenvalue weighted by molar-refractivity contribution is 4.78. The van der Waals surface area contributed by atoms with Gasteiger partial charge in [0.25, 0.3) is 0 Å². The van der Waals surface area contributed by atoms with Crippen molar-refractivity contribution in [1.29, 1.82) is 0 Å². The van der Waals surface area contributed by atoms with Crippen molar-refractivity contribution in [2.45, 2.75) is 65.8 Å². The maximum absolute atomic E-state index is 3.56. The fourth-order valence-corrected chi connectivity index (χ4v) is 2.71. The van der Waals surface area contributed by atoms with E-state index >= 15 is 0 Å². The standard InChI is InChI=1S/C16H34N2/c1-14-12-18(13-15(14)2)11-9-7-6-8-10-17-16(3,4)5/h14-15,17H,6-13H2,1-5H3. The first-order valence-electron chi connectivity index (χ1n) is 7.86. The van der Waals surface area contributed by atoms with E-state index in [2.05, 4.69) is 44.8 Å². The summed E-state index contributed by atoms with van der Waals surface area (Å²) in [6.45, 7) is 16.6. The van der Waals surface area contributed by atoms with Crippen molar-refractivity contribution in [2.75, 3.05) is 26.2 Å². The number of rotatable bonds is 7. The first kappa shape index (κ1) is 16.0. The van der Waals surface area contributed by atoms with Gasteiger partial charge in [-0.05, 0) is 58.5 Å². The Labute approximate surface area is 115 Å². The van der Waals surface area contributed by atoms with Crippen LogP contribution in [0.3, 0.4) is 0 Å². The molecule has 1 rings (SSSR count). The van der Waals surface area contributed by atoms with E-state index in [1.165, 1.54) is 51.9 Å². The van der Waals surface area contributed by atoms with Crippen LogP contribution in [0, 0.1) is 11.8 Å². The quantitative estimate of drug-likeness (QED) is 0.699. The van der Waals surface area contributed by atoms with Crippen molar-refractivity contribution in [1.82, 2.24) is 10.2 Å². The average Bonchev–Trinajstić information content (AvgIpc) is 2.55. The van der Waals surface area contributed by atoms with Crippen LogP contribution >= 0.6 is 0 Å². The van der Waals surface area contributed by atoms with Crippen molar-refractivity contribution in [3.05, 3.63) is 0 Å².